The summed E-state index contributed by atoms with van der Waals surface area (Å²) < 4.78 is 0. The normalized spacial score (nSPS) is 22.8. The molecule has 1 aromatic rings. The molecular weight excluding hydrogens is 304 g/mol. The van der Waals surface area contributed by atoms with Crippen molar-refractivity contribution in [2.24, 2.45) is 0 Å². The average Bonchev–Trinajstić information content (AvgIpc) is 2.62. The van der Waals surface area contributed by atoms with E-state index in [-0.39, 0.29) is 11.9 Å². The van der Waals surface area contributed by atoms with Crippen LogP contribution >= 0.6 is 11.8 Å². The van der Waals surface area contributed by atoms with Gasteiger partial charge in [-0.05, 0) is 37.0 Å². The molecule has 4 heteroatoms. The van der Waals surface area contributed by atoms with Gasteiger partial charge in [0.15, 0.2) is 0 Å². The first-order chi connectivity index (χ1) is 11.3. The van der Waals surface area contributed by atoms with Crippen molar-refractivity contribution in [1.82, 2.24) is 9.80 Å². The first kappa shape index (κ1) is 16.6. The maximum absolute atomic E-state index is 12.7. The fraction of sp³-hybridized carbons (Fsp3) is 0.526. The highest BCUT2D eigenvalue weighted by molar-refractivity contribution is 7.99. The quantitative estimate of drug-likeness (QED) is 0.791. The van der Waals surface area contributed by atoms with Crippen molar-refractivity contribution in [2.45, 2.75) is 31.8 Å². The lowest BCUT2D eigenvalue weighted by Crippen LogP contribution is -2.42. The molecule has 2 fully saturated rings. The summed E-state index contributed by atoms with van der Waals surface area (Å²) in [7, 11) is 0. The van der Waals surface area contributed by atoms with Crippen LogP contribution in [0, 0.1) is 0 Å². The van der Waals surface area contributed by atoms with Crippen LogP contribution < -0.4 is 0 Å². The Bertz CT molecular complexity index is 537. The number of benzene rings is 1. The fourth-order valence-electron chi connectivity index (χ4n) is 3.39. The second-order valence-corrected chi connectivity index (χ2v) is 7.61. The van der Waals surface area contributed by atoms with Crippen LogP contribution in [0.25, 0.3) is 0 Å². The van der Waals surface area contributed by atoms with Crippen molar-refractivity contribution in [3.63, 3.8) is 0 Å². The van der Waals surface area contributed by atoms with Gasteiger partial charge in [0.25, 0.3) is 5.91 Å². The number of carbonyl (C=O) groups excluding carboxylic acids is 1. The van der Waals surface area contributed by atoms with E-state index in [0.717, 1.165) is 31.5 Å². The third kappa shape index (κ3) is 4.18. The van der Waals surface area contributed by atoms with Gasteiger partial charge in [0.05, 0.1) is 6.04 Å². The molecule has 0 bridgehead atoms. The van der Waals surface area contributed by atoms with Crippen LogP contribution in [-0.2, 0) is 6.54 Å². The lowest BCUT2D eigenvalue weighted by Gasteiger charge is -2.34. The van der Waals surface area contributed by atoms with Gasteiger partial charge < -0.3 is 4.90 Å². The summed E-state index contributed by atoms with van der Waals surface area (Å²) in [6.45, 7) is 8.07. The van der Waals surface area contributed by atoms with E-state index >= 15 is 0 Å². The van der Waals surface area contributed by atoms with Gasteiger partial charge in [-0.3, -0.25) is 9.69 Å². The number of thioether (sulfide) groups is 1. The summed E-state index contributed by atoms with van der Waals surface area (Å²) in [5.41, 5.74) is 2.10. The van der Waals surface area contributed by atoms with Gasteiger partial charge in [-0.25, -0.2) is 0 Å². The zero-order valence-electron chi connectivity index (χ0n) is 13.7. The number of nitrogens with zero attached hydrogens (tertiary/aromatic N) is 2. The van der Waals surface area contributed by atoms with Crippen molar-refractivity contribution in [3.8, 4) is 0 Å². The van der Waals surface area contributed by atoms with Crippen molar-refractivity contribution < 1.29 is 4.79 Å². The van der Waals surface area contributed by atoms with Gasteiger partial charge in [-0.1, -0.05) is 18.2 Å². The molecule has 0 aromatic heterocycles. The molecule has 0 spiro atoms. The number of carbonyl (C=O) groups is 1. The highest BCUT2D eigenvalue weighted by atomic mass is 32.2. The number of hydrogen-bond acceptors (Lipinski definition) is 3. The van der Waals surface area contributed by atoms with Gasteiger partial charge in [0, 0.05) is 43.2 Å². The Morgan fingerprint density at radius 1 is 1.17 bits per heavy atom. The van der Waals surface area contributed by atoms with E-state index in [1.165, 1.54) is 36.6 Å². The number of likely N-dealkylation sites (tertiary alicyclic amines) is 1. The molecule has 2 heterocycles. The SMILES string of the molecule is C=C[C@H]1CCCCN1C(=O)c1ccc(CN2CCSCC2)cc1. The summed E-state index contributed by atoms with van der Waals surface area (Å²) >= 11 is 2.03. The molecule has 0 radical (unpaired) electrons. The lowest BCUT2D eigenvalue weighted by molar-refractivity contribution is 0.0664. The Kier molecular flexibility index (Phi) is 5.79. The second kappa shape index (κ2) is 8.02. The van der Waals surface area contributed by atoms with Gasteiger partial charge in [-0.15, -0.1) is 6.58 Å². The van der Waals surface area contributed by atoms with Crippen molar-refractivity contribution in [2.75, 3.05) is 31.1 Å². The Labute approximate surface area is 143 Å². The van der Waals surface area contributed by atoms with E-state index in [4.69, 9.17) is 0 Å². The zero-order valence-corrected chi connectivity index (χ0v) is 14.6. The summed E-state index contributed by atoms with van der Waals surface area (Å²) in [5.74, 6) is 2.61. The van der Waals surface area contributed by atoms with Crippen LogP contribution in [0.3, 0.4) is 0 Å². The van der Waals surface area contributed by atoms with Gasteiger partial charge in [-0.2, -0.15) is 11.8 Å². The van der Waals surface area contributed by atoms with E-state index in [1.54, 1.807) is 0 Å². The van der Waals surface area contributed by atoms with Crippen molar-refractivity contribution >= 4 is 17.7 Å². The lowest BCUT2D eigenvalue weighted by atomic mass is 10.0. The third-order valence-electron chi connectivity index (χ3n) is 4.79. The Morgan fingerprint density at radius 2 is 1.91 bits per heavy atom. The summed E-state index contributed by atoms with van der Waals surface area (Å²) in [4.78, 5) is 17.2. The van der Waals surface area contributed by atoms with Crippen molar-refractivity contribution in [3.05, 3.63) is 48.0 Å². The maximum atomic E-state index is 12.7. The minimum Gasteiger partial charge on any atom is -0.332 e. The molecule has 1 amide bonds. The molecule has 3 rings (SSSR count). The molecule has 0 aliphatic carbocycles. The summed E-state index contributed by atoms with van der Waals surface area (Å²) in [6, 6.07) is 8.40. The second-order valence-electron chi connectivity index (χ2n) is 6.38. The molecule has 1 aromatic carbocycles. The zero-order chi connectivity index (χ0) is 16.1. The topological polar surface area (TPSA) is 23.6 Å². The molecule has 0 N–H and O–H groups in total. The van der Waals surface area contributed by atoms with E-state index < -0.39 is 0 Å². The minimum absolute atomic E-state index is 0.149. The number of hydrogen-bond donors (Lipinski definition) is 0. The molecule has 23 heavy (non-hydrogen) atoms. The molecule has 2 aliphatic rings. The van der Waals surface area contributed by atoms with E-state index in [1.807, 2.05) is 34.9 Å². The monoisotopic (exact) mass is 330 g/mol. The molecule has 0 unspecified atom stereocenters. The van der Waals surface area contributed by atoms with Crippen molar-refractivity contribution in [1.29, 1.82) is 0 Å². The predicted octanol–water partition coefficient (Wildman–Crippen LogP) is 3.42. The molecule has 1 atom stereocenters. The van der Waals surface area contributed by atoms with Crippen LogP contribution in [0.4, 0.5) is 0 Å². The molecule has 2 aliphatic heterocycles. The van der Waals surface area contributed by atoms with E-state index in [0.29, 0.717) is 0 Å². The van der Waals surface area contributed by atoms with Crippen LogP contribution in [0.2, 0.25) is 0 Å². The molecular formula is C19H26N2OS. The molecule has 2 saturated heterocycles. The van der Waals surface area contributed by atoms with Gasteiger partial charge in [0.1, 0.15) is 0 Å². The van der Waals surface area contributed by atoms with Gasteiger partial charge >= 0.3 is 0 Å². The average molecular weight is 330 g/mol. The van der Waals surface area contributed by atoms with Crippen LogP contribution in [-0.4, -0.2) is 52.9 Å². The van der Waals surface area contributed by atoms with Crippen LogP contribution in [0.5, 0.6) is 0 Å². The first-order valence-electron chi connectivity index (χ1n) is 8.60. The Morgan fingerprint density at radius 3 is 2.61 bits per heavy atom. The maximum Gasteiger partial charge on any atom is 0.254 e. The third-order valence-corrected chi connectivity index (χ3v) is 5.74. The molecule has 0 saturated carbocycles. The first-order valence-corrected chi connectivity index (χ1v) is 9.76. The smallest absolute Gasteiger partial charge is 0.254 e. The fourth-order valence-corrected chi connectivity index (χ4v) is 4.37. The largest absolute Gasteiger partial charge is 0.332 e. The predicted molar refractivity (Wildman–Crippen MR) is 97.9 cm³/mol. The number of piperidine rings is 1. The Balaban J connectivity index is 1.63. The highest BCUT2D eigenvalue weighted by Crippen LogP contribution is 2.21. The van der Waals surface area contributed by atoms with E-state index in [9.17, 15) is 4.79 Å². The van der Waals surface area contributed by atoms with Crippen LogP contribution in [0.1, 0.15) is 35.2 Å². The van der Waals surface area contributed by atoms with Crippen LogP contribution in [0.15, 0.2) is 36.9 Å². The molecule has 3 nitrogen and oxygen atoms in total. The highest BCUT2D eigenvalue weighted by Gasteiger charge is 2.25. The Hall–Kier alpha value is -1.26. The summed E-state index contributed by atoms with van der Waals surface area (Å²) in [5, 5.41) is 0. The summed E-state index contributed by atoms with van der Waals surface area (Å²) in [6.07, 6.45) is 5.24. The van der Waals surface area contributed by atoms with E-state index in [2.05, 4.69) is 23.6 Å². The minimum atomic E-state index is 0.149. The number of rotatable bonds is 4. The number of amides is 1. The van der Waals surface area contributed by atoms with Gasteiger partial charge in [0.2, 0.25) is 0 Å². The molecule has 124 valence electrons. The standard InChI is InChI=1S/C19H26N2OS/c1-2-18-5-3-4-10-21(18)19(22)17-8-6-16(7-9-17)15-20-11-13-23-14-12-20/h2,6-9,18H,1,3-5,10-15H2/t18-/m0/s1.